The Hall–Kier alpha value is -4.81. The van der Waals surface area contributed by atoms with Gasteiger partial charge < -0.3 is 30.6 Å². The number of ether oxygens (including phenoxy) is 3. The lowest BCUT2D eigenvalue weighted by molar-refractivity contribution is 0.0503. The molecule has 0 spiro atoms. The van der Waals surface area contributed by atoms with Gasteiger partial charge in [-0.15, -0.1) is 0 Å². The number of aromatic nitrogens is 4. The smallest absolute Gasteiger partial charge is 0.411 e. The van der Waals surface area contributed by atoms with Crippen LogP contribution in [0.15, 0.2) is 55.0 Å². The van der Waals surface area contributed by atoms with Gasteiger partial charge >= 0.3 is 6.09 Å². The highest BCUT2D eigenvalue weighted by Gasteiger charge is 2.21. The maximum Gasteiger partial charge on any atom is 0.411 e. The van der Waals surface area contributed by atoms with E-state index in [-0.39, 0.29) is 29.1 Å². The standard InChI is InChI=1S/C28H28ClN7O5/c1-15-11-33-26(34-12-15)19-8-17(16(2)40-14-18-6-5-7-24(35-18)41-28(30)38)9-22(25(19)39-4)36-21-10-23(29)32-13-20(21)27(37)31-3/h5-13,16H,14H2,1-4H3,(H2,30,38)(H,31,37)(H,32,36). The number of aryl methyl sites for hydroxylation is 1. The van der Waals surface area contributed by atoms with E-state index in [9.17, 15) is 9.59 Å². The van der Waals surface area contributed by atoms with Crippen LogP contribution in [0, 0.1) is 6.92 Å². The molecule has 0 bridgehead atoms. The highest BCUT2D eigenvalue weighted by Crippen LogP contribution is 2.40. The largest absolute Gasteiger partial charge is 0.494 e. The zero-order valence-electron chi connectivity index (χ0n) is 22.8. The van der Waals surface area contributed by atoms with Gasteiger partial charge in [-0.2, -0.15) is 0 Å². The summed E-state index contributed by atoms with van der Waals surface area (Å²) in [6.07, 6.45) is 3.40. The van der Waals surface area contributed by atoms with E-state index in [1.807, 2.05) is 26.0 Å². The maximum absolute atomic E-state index is 12.5. The fourth-order valence-electron chi connectivity index (χ4n) is 3.89. The molecular formula is C28H28ClN7O5. The molecule has 0 saturated heterocycles. The van der Waals surface area contributed by atoms with Crippen molar-refractivity contribution in [1.82, 2.24) is 25.3 Å². The minimum atomic E-state index is -0.955. The quantitative estimate of drug-likeness (QED) is 0.224. The summed E-state index contributed by atoms with van der Waals surface area (Å²) in [7, 11) is 3.06. The Morgan fingerprint density at radius 2 is 1.83 bits per heavy atom. The number of benzene rings is 1. The molecule has 0 fully saturated rings. The van der Waals surface area contributed by atoms with Crippen LogP contribution in [-0.2, 0) is 11.3 Å². The highest BCUT2D eigenvalue weighted by atomic mass is 35.5. The van der Waals surface area contributed by atoms with Crippen LogP contribution < -0.4 is 25.8 Å². The molecule has 0 aliphatic rings. The van der Waals surface area contributed by atoms with Gasteiger partial charge in [0.25, 0.3) is 5.91 Å². The van der Waals surface area contributed by atoms with E-state index in [2.05, 4.69) is 30.6 Å². The Labute approximate surface area is 241 Å². The molecule has 0 saturated carbocycles. The third kappa shape index (κ3) is 7.24. The van der Waals surface area contributed by atoms with E-state index in [0.29, 0.717) is 34.2 Å². The van der Waals surface area contributed by atoms with Crippen molar-refractivity contribution in [3.8, 4) is 23.0 Å². The molecule has 41 heavy (non-hydrogen) atoms. The molecule has 0 radical (unpaired) electrons. The zero-order valence-corrected chi connectivity index (χ0v) is 23.5. The van der Waals surface area contributed by atoms with E-state index in [0.717, 1.165) is 11.1 Å². The average molecular weight is 578 g/mol. The fraction of sp³-hybridized carbons (Fsp3) is 0.214. The summed E-state index contributed by atoms with van der Waals surface area (Å²) in [5.41, 5.74) is 9.08. The topological polar surface area (TPSA) is 163 Å². The first-order chi connectivity index (χ1) is 19.7. The van der Waals surface area contributed by atoms with Gasteiger partial charge in [-0.25, -0.2) is 24.7 Å². The number of nitrogens with two attached hydrogens (primary N) is 1. The van der Waals surface area contributed by atoms with E-state index in [1.54, 1.807) is 30.6 Å². The zero-order chi connectivity index (χ0) is 29.5. The number of carbonyl (C=O) groups is 2. The SMILES string of the molecule is CNC(=O)c1cnc(Cl)cc1Nc1cc(C(C)OCc2cccc(OC(N)=O)n2)cc(-c2ncc(C)cn2)c1OC. The van der Waals surface area contributed by atoms with Crippen LogP contribution in [0.3, 0.4) is 0 Å². The predicted octanol–water partition coefficient (Wildman–Crippen LogP) is 4.74. The Morgan fingerprint density at radius 3 is 2.51 bits per heavy atom. The van der Waals surface area contributed by atoms with Gasteiger partial charge in [0.15, 0.2) is 11.6 Å². The van der Waals surface area contributed by atoms with Crippen LogP contribution >= 0.6 is 11.6 Å². The van der Waals surface area contributed by atoms with Crippen molar-refractivity contribution in [2.45, 2.75) is 26.6 Å². The summed E-state index contributed by atoms with van der Waals surface area (Å²) in [6.45, 7) is 3.88. The van der Waals surface area contributed by atoms with Crippen LogP contribution in [0.5, 0.6) is 11.6 Å². The number of nitrogens with zero attached hydrogens (tertiary/aromatic N) is 4. The van der Waals surface area contributed by atoms with Crippen molar-refractivity contribution in [3.05, 3.63) is 82.5 Å². The number of hydrogen-bond donors (Lipinski definition) is 3. The number of primary amides is 1. The van der Waals surface area contributed by atoms with Gasteiger partial charge in [0.2, 0.25) is 5.88 Å². The summed E-state index contributed by atoms with van der Waals surface area (Å²) in [5.74, 6) is 0.602. The molecule has 4 aromatic rings. The number of rotatable bonds is 10. The summed E-state index contributed by atoms with van der Waals surface area (Å²) < 4.78 is 16.8. The van der Waals surface area contributed by atoms with Crippen molar-refractivity contribution >= 4 is 35.0 Å². The lowest BCUT2D eigenvalue weighted by Crippen LogP contribution is -2.19. The normalized spacial score (nSPS) is 11.4. The molecular weight excluding hydrogens is 550 g/mol. The Morgan fingerprint density at radius 1 is 1.07 bits per heavy atom. The van der Waals surface area contributed by atoms with Crippen molar-refractivity contribution < 1.29 is 23.8 Å². The van der Waals surface area contributed by atoms with Gasteiger partial charge in [0.05, 0.1) is 48.0 Å². The Kier molecular flexibility index (Phi) is 9.27. The van der Waals surface area contributed by atoms with E-state index in [4.69, 9.17) is 31.5 Å². The Bertz CT molecular complexity index is 1570. The van der Waals surface area contributed by atoms with Crippen LogP contribution in [-0.4, -0.2) is 46.1 Å². The second-order valence-electron chi connectivity index (χ2n) is 8.83. The molecule has 13 heteroatoms. The van der Waals surface area contributed by atoms with Gasteiger partial charge in [-0.1, -0.05) is 17.7 Å². The molecule has 4 N–H and O–H groups in total. The number of pyridine rings is 2. The number of halogens is 1. The number of amides is 2. The van der Waals surface area contributed by atoms with E-state index < -0.39 is 12.2 Å². The summed E-state index contributed by atoms with van der Waals surface area (Å²) in [5, 5.41) is 6.07. The van der Waals surface area contributed by atoms with Gasteiger partial charge in [-0.05, 0) is 49.2 Å². The van der Waals surface area contributed by atoms with Crippen molar-refractivity contribution in [2.24, 2.45) is 5.73 Å². The third-order valence-corrected chi connectivity index (χ3v) is 6.09. The summed E-state index contributed by atoms with van der Waals surface area (Å²) in [4.78, 5) is 40.9. The number of nitrogens with one attached hydrogen (secondary N) is 2. The molecule has 4 rings (SSSR count). The van der Waals surface area contributed by atoms with Crippen molar-refractivity contribution in [1.29, 1.82) is 0 Å². The molecule has 3 heterocycles. The number of methoxy groups -OCH3 is 1. The lowest BCUT2D eigenvalue weighted by Gasteiger charge is -2.21. The maximum atomic E-state index is 12.5. The van der Waals surface area contributed by atoms with E-state index in [1.165, 1.54) is 26.4 Å². The van der Waals surface area contributed by atoms with Crippen LogP contribution in [0.2, 0.25) is 5.15 Å². The average Bonchev–Trinajstić information content (AvgIpc) is 2.95. The monoisotopic (exact) mass is 577 g/mol. The molecule has 3 aromatic heterocycles. The number of hydrogen-bond acceptors (Lipinski definition) is 10. The van der Waals surface area contributed by atoms with E-state index >= 15 is 0 Å². The van der Waals surface area contributed by atoms with Gasteiger partial charge in [0, 0.05) is 31.7 Å². The second-order valence-corrected chi connectivity index (χ2v) is 9.22. The van der Waals surface area contributed by atoms with Gasteiger partial charge in [-0.3, -0.25) is 4.79 Å². The summed E-state index contributed by atoms with van der Waals surface area (Å²) in [6, 6.07) is 10.2. The molecule has 12 nitrogen and oxygen atoms in total. The van der Waals surface area contributed by atoms with Gasteiger partial charge in [0.1, 0.15) is 5.15 Å². The highest BCUT2D eigenvalue weighted by molar-refractivity contribution is 6.29. The number of anilines is 2. The predicted molar refractivity (Wildman–Crippen MR) is 152 cm³/mol. The molecule has 2 amide bonds. The first-order valence-corrected chi connectivity index (χ1v) is 12.8. The van der Waals surface area contributed by atoms with Crippen molar-refractivity contribution in [2.75, 3.05) is 19.5 Å². The summed E-state index contributed by atoms with van der Waals surface area (Å²) >= 11 is 6.17. The van der Waals surface area contributed by atoms with Crippen molar-refractivity contribution in [3.63, 3.8) is 0 Å². The minimum Gasteiger partial charge on any atom is -0.494 e. The fourth-order valence-corrected chi connectivity index (χ4v) is 4.05. The molecule has 0 aliphatic heterocycles. The first kappa shape index (κ1) is 29.2. The minimum absolute atomic E-state index is 0.0731. The molecule has 1 atom stereocenters. The number of carbonyl (C=O) groups excluding carboxylic acids is 2. The molecule has 1 unspecified atom stereocenters. The second kappa shape index (κ2) is 13.0. The third-order valence-electron chi connectivity index (χ3n) is 5.89. The van der Waals surface area contributed by atoms with Crippen LogP contribution in [0.1, 0.15) is 40.2 Å². The molecule has 1 aromatic carbocycles. The first-order valence-electron chi connectivity index (χ1n) is 12.4. The van der Waals surface area contributed by atoms with Crippen LogP contribution in [0.25, 0.3) is 11.4 Å². The molecule has 212 valence electrons. The molecule has 0 aliphatic carbocycles. The Balaban J connectivity index is 1.74. The van der Waals surface area contributed by atoms with Crippen LogP contribution in [0.4, 0.5) is 16.2 Å². The lowest BCUT2D eigenvalue weighted by atomic mass is 10.0.